The summed E-state index contributed by atoms with van der Waals surface area (Å²) >= 11 is 1.65. The van der Waals surface area contributed by atoms with Crippen LogP contribution in [-0.4, -0.2) is 57.8 Å². The van der Waals surface area contributed by atoms with E-state index in [0.29, 0.717) is 32.8 Å². The molecule has 3 N–H and O–H groups in total. The number of thiophene rings is 1. The first-order valence-corrected chi connectivity index (χ1v) is 14.8. The average molecular weight is 589 g/mol. The van der Waals surface area contributed by atoms with Crippen LogP contribution in [0.4, 0.5) is 15.9 Å². The molecule has 1 aliphatic rings. The predicted molar refractivity (Wildman–Crippen MR) is 162 cm³/mol. The molecule has 1 unspecified atom stereocenters. The third-order valence-corrected chi connectivity index (χ3v) is 8.44. The zero-order valence-corrected chi connectivity index (χ0v) is 24.4. The van der Waals surface area contributed by atoms with E-state index in [1.54, 1.807) is 30.8 Å². The van der Waals surface area contributed by atoms with Gasteiger partial charge in [-0.1, -0.05) is 12.1 Å². The smallest absolute Gasteiger partial charge is 0.142 e. The highest BCUT2D eigenvalue weighted by Gasteiger charge is 2.26. The Labute approximate surface area is 247 Å². The molecule has 3 aromatic heterocycles. The fraction of sp³-hybridized carbons (Fsp3) is 0.323. The van der Waals surface area contributed by atoms with Crippen LogP contribution in [0.2, 0.25) is 0 Å². The summed E-state index contributed by atoms with van der Waals surface area (Å²) in [5, 5.41) is 23.0. The number of halogens is 1. The van der Waals surface area contributed by atoms with Crippen LogP contribution in [0.5, 0.6) is 5.75 Å². The van der Waals surface area contributed by atoms with Gasteiger partial charge >= 0.3 is 0 Å². The molecule has 0 spiro atoms. The summed E-state index contributed by atoms with van der Waals surface area (Å²) in [6, 6.07) is 12.3. The second kappa shape index (κ2) is 12.5. The maximum absolute atomic E-state index is 13.5. The van der Waals surface area contributed by atoms with Crippen molar-refractivity contribution in [1.82, 2.24) is 25.1 Å². The first kappa shape index (κ1) is 28.2. The average Bonchev–Trinajstić information content (AvgIpc) is 3.56. The molecule has 3 heterocycles. The number of aliphatic hydroxyl groups is 1. The Bertz CT molecular complexity index is 1700. The number of aliphatic hydroxyl groups excluding tert-OH is 1. The Balaban J connectivity index is 1.19. The molecule has 2 aromatic carbocycles. The van der Waals surface area contributed by atoms with Gasteiger partial charge in [-0.05, 0) is 66.8 Å². The summed E-state index contributed by atoms with van der Waals surface area (Å²) < 4.78 is 26.4. The largest absolute Gasteiger partial charge is 0.489 e. The molecule has 1 atom stereocenters. The Morgan fingerprint density at radius 2 is 2.07 bits per heavy atom. The van der Waals surface area contributed by atoms with Crippen molar-refractivity contribution in [2.75, 3.05) is 32.1 Å². The van der Waals surface area contributed by atoms with E-state index >= 15 is 0 Å². The summed E-state index contributed by atoms with van der Waals surface area (Å²) in [4.78, 5) is 11.3. The number of methoxy groups -OCH3 is 1. The van der Waals surface area contributed by atoms with Crippen LogP contribution < -0.4 is 15.4 Å². The monoisotopic (exact) mass is 588 g/mol. The normalized spacial score (nSPS) is 13.1. The van der Waals surface area contributed by atoms with Gasteiger partial charge in [-0.15, -0.1) is 11.3 Å². The third-order valence-electron chi connectivity index (χ3n) is 7.26. The lowest BCUT2D eigenvalue weighted by atomic mass is 9.95. The van der Waals surface area contributed by atoms with Crippen molar-refractivity contribution in [3.05, 3.63) is 83.2 Å². The van der Waals surface area contributed by atoms with Gasteiger partial charge in [-0.2, -0.15) is 5.10 Å². The molecule has 0 saturated carbocycles. The molecule has 0 saturated heterocycles. The topological polar surface area (TPSA) is 106 Å². The van der Waals surface area contributed by atoms with E-state index in [-0.39, 0.29) is 5.82 Å². The highest BCUT2D eigenvalue weighted by molar-refractivity contribution is 7.22. The second-order valence-corrected chi connectivity index (χ2v) is 11.4. The SMILES string of the molecule is COCCNCC(O)Cn1cc2c(n1)CCc1c-2sc2ncnc(Nc3ccc(OCc4cccc(F)c4)c(C)c3)c12. The molecule has 9 nitrogen and oxygen atoms in total. The Morgan fingerprint density at radius 3 is 2.90 bits per heavy atom. The molecule has 218 valence electrons. The van der Waals surface area contributed by atoms with Crippen LogP contribution in [0.1, 0.15) is 22.4 Å². The second-order valence-electron chi connectivity index (χ2n) is 10.4. The number of fused-ring (bicyclic) bond motifs is 5. The fourth-order valence-corrected chi connectivity index (χ4v) is 6.47. The molecule has 0 amide bonds. The lowest BCUT2D eigenvalue weighted by molar-refractivity contribution is 0.140. The van der Waals surface area contributed by atoms with Crippen LogP contribution in [0, 0.1) is 12.7 Å². The van der Waals surface area contributed by atoms with Gasteiger partial charge in [-0.25, -0.2) is 14.4 Å². The molecule has 11 heteroatoms. The highest BCUT2D eigenvalue weighted by atomic mass is 32.1. The molecule has 0 fully saturated rings. The third kappa shape index (κ3) is 6.14. The number of hydrogen-bond acceptors (Lipinski definition) is 9. The van der Waals surface area contributed by atoms with E-state index in [9.17, 15) is 9.50 Å². The fourth-order valence-electron chi connectivity index (χ4n) is 5.25. The minimum absolute atomic E-state index is 0.273. The van der Waals surface area contributed by atoms with Crippen molar-refractivity contribution >= 4 is 33.1 Å². The lowest BCUT2D eigenvalue weighted by Gasteiger charge is -2.14. The number of benzene rings is 2. The molecular formula is C31H33FN6O3S. The summed E-state index contributed by atoms with van der Waals surface area (Å²) in [6.07, 6.45) is 4.73. The molecule has 1 aliphatic carbocycles. The van der Waals surface area contributed by atoms with Gasteiger partial charge in [0.05, 0.1) is 30.3 Å². The minimum Gasteiger partial charge on any atom is -0.489 e. The van der Waals surface area contributed by atoms with Crippen LogP contribution in [0.3, 0.4) is 0 Å². The number of anilines is 2. The van der Waals surface area contributed by atoms with Crippen molar-refractivity contribution < 1.29 is 19.0 Å². The number of hydrogen-bond donors (Lipinski definition) is 3. The van der Waals surface area contributed by atoms with Crippen LogP contribution in [0.15, 0.2) is 55.0 Å². The Morgan fingerprint density at radius 1 is 1.17 bits per heavy atom. The van der Waals surface area contributed by atoms with E-state index in [1.807, 2.05) is 42.1 Å². The first-order valence-electron chi connectivity index (χ1n) is 13.9. The maximum Gasteiger partial charge on any atom is 0.142 e. The molecule has 0 radical (unpaired) electrons. The quantitative estimate of drug-likeness (QED) is 0.175. The van der Waals surface area contributed by atoms with E-state index in [2.05, 4.69) is 20.6 Å². The zero-order valence-electron chi connectivity index (χ0n) is 23.6. The van der Waals surface area contributed by atoms with Crippen LogP contribution >= 0.6 is 11.3 Å². The van der Waals surface area contributed by atoms with Gasteiger partial charge in [-0.3, -0.25) is 4.68 Å². The summed E-state index contributed by atoms with van der Waals surface area (Å²) in [7, 11) is 1.66. The number of ether oxygens (including phenoxy) is 2. The number of nitrogens with zero attached hydrogens (tertiary/aromatic N) is 4. The summed E-state index contributed by atoms with van der Waals surface area (Å²) in [5.41, 5.74) is 5.99. The molecule has 0 aliphatic heterocycles. The van der Waals surface area contributed by atoms with Gasteiger partial charge in [0.2, 0.25) is 0 Å². The van der Waals surface area contributed by atoms with E-state index in [0.717, 1.165) is 67.6 Å². The summed E-state index contributed by atoms with van der Waals surface area (Å²) in [6.45, 7) is 4.48. The van der Waals surface area contributed by atoms with Crippen molar-refractivity contribution in [3.63, 3.8) is 0 Å². The van der Waals surface area contributed by atoms with Crippen LogP contribution in [-0.2, 0) is 30.7 Å². The van der Waals surface area contributed by atoms with E-state index < -0.39 is 6.10 Å². The van der Waals surface area contributed by atoms with Gasteiger partial charge < -0.3 is 25.2 Å². The van der Waals surface area contributed by atoms with Crippen molar-refractivity contribution in [2.24, 2.45) is 0 Å². The van der Waals surface area contributed by atoms with Gasteiger partial charge in [0.25, 0.3) is 0 Å². The maximum atomic E-state index is 13.5. The van der Waals surface area contributed by atoms with E-state index in [4.69, 9.17) is 14.6 Å². The van der Waals surface area contributed by atoms with Gasteiger partial charge in [0.1, 0.15) is 35.1 Å². The van der Waals surface area contributed by atoms with Crippen molar-refractivity contribution in [3.8, 4) is 16.2 Å². The number of aryl methyl sites for hydroxylation is 3. The molecule has 42 heavy (non-hydrogen) atoms. The van der Waals surface area contributed by atoms with Crippen molar-refractivity contribution in [1.29, 1.82) is 0 Å². The number of nitrogens with one attached hydrogen (secondary N) is 2. The minimum atomic E-state index is -0.548. The standard InChI is InChI=1S/C31H33FN6O3S/c1-19-12-22(6-9-27(19)41-17-20-4-3-5-21(32)13-20)36-30-28-24-7-8-26-25(29(24)42-31(28)35-18-34-30)16-38(37-26)15-23(39)14-33-10-11-40-2/h3-6,9,12-13,16,18,23,33,39H,7-8,10-11,14-15,17H2,1-2H3,(H,34,35,36). The molecule has 6 rings (SSSR count). The Kier molecular flexibility index (Phi) is 8.43. The molecule has 0 bridgehead atoms. The number of aromatic nitrogens is 4. The predicted octanol–water partition coefficient (Wildman–Crippen LogP) is 5.02. The molecular weight excluding hydrogens is 555 g/mol. The Hall–Kier alpha value is -3.90. The van der Waals surface area contributed by atoms with Gasteiger partial charge in [0, 0.05) is 42.5 Å². The summed E-state index contributed by atoms with van der Waals surface area (Å²) in [5.74, 6) is 1.23. The molecule has 5 aromatic rings. The van der Waals surface area contributed by atoms with E-state index in [1.165, 1.54) is 17.7 Å². The highest BCUT2D eigenvalue weighted by Crippen LogP contribution is 2.45. The lowest BCUT2D eigenvalue weighted by Crippen LogP contribution is -2.32. The van der Waals surface area contributed by atoms with Crippen LogP contribution in [0.25, 0.3) is 20.7 Å². The zero-order chi connectivity index (χ0) is 29.1. The first-order chi connectivity index (χ1) is 20.5. The van der Waals surface area contributed by atoms with Crippen molar-refractivity contribution in [2.45, 2.75) is 39.0 Å². The number of rotatable bonds is 12. The van der Waals surface area contributed by atoms with Gasteiger partial charge in [0.15, 0.2) is 0 Å².